The molecule has 0 aromatic carbocycles. The van der Waals surface area contributed by atoms with Gasteiger partial charge in [0.1, 0.15) is 16.5 Å². The molecule has 1 fully saturated rings. The second kappa shape index (κ2) is 8.77. The van der Waals surface area contributed by atoms with Crippen LogP contribution in [0.1, 0.15) is 15.6 Å². The fourth-order valence-electron chi connectivity index (χ4n) is 3.44. The Kier molecular flexibility index (Phi) is 6.04. The van der Waals surface area contributed by atoms with Gasteiger partial charge in [-0.25, -0.2) is 4.79 Å². The maximum atomic E-state index is 12.8. The van der Waals surface area contributed by atoms with Crippen LogP contribution in [0.3, 0.4) is 0 Å². The van der Waals surface area contributed by atoms with Crippen molar-refractivity contribution in [2.45, 2.75) is 19.6 Å². The van der Waals surface area contributed by atoms with Crippen molar-refractivity contribution in [3.05, 3.63) is 56.4 Å². The molecule has 3 aromatic heterocycles. The van der Waals surface area contributed by atoms with Gasteiger partial charge in [0.15, 0.2) is 0 Å². The first-order valence-electron chi connectivity index (χ1n) is 9.87. The number of alkyl halides is 3. The van der Waals surface area contributed by atoms with Crippen LogP contribution in [0.25, 0.3) is 0 Å². The summed E-state index contributed by atoms with van der Waals surface area (Å²) in [6.45, 7) is 4.19. The molecule has 170 valence electrons. The van der Waals surface area contributed by atoms with E-state index in [4.69, 9.17) is 4.74 Å². The van der Waals surface area contributed by atoms with Crippen molar-refractivity contribution in [2.24, 2.45) is 0 Å². The minimum Gasteiger partial charge on any atom is -0.481 e. The van der Waals surface area contributed by atoms with Crippen LogP contribution in [0.4, 0.5) is 24.9 Å². The van der Waals surface area contributed by atoms with Crippen LogP contribution >= 0.6 is 11.3 Å². The summed E-state index contributed by atoms with van der Waals surface area (Å²) in [7, 11) is 1.57. The van der Waals surface area contributed by atoms with Crippen LogP contribution < -0.4 is 20.2 Å². The lowest BCUT2D eigenvalue weighted by Crippen LogP contribution is -2.48. The van der Waals surface area contributed by atoms with Crippen LogP contribution in [-0.2, 0) is 12.7 Å². The fourth-order valence-corrected chi connectivity index (χ4v) is 4.30. The smallest absolute Gasteiger partial charge is 0.425 e. The van der Waals surface area contributed by atoms with E-state index in [1.807, 2.05) is 17.0 Å². The predicted molar refractivity (Wildman–Crippen MR) is 115 cm³/mol. The van der Waals surface area contributed by atoms with Crippen molar-refractivity contribution in [3.8, 4) is 5.88 Å². The van der Waals surface area contributed by atoms with Crippen LogP contribution in [-0.4, -0.2) is 52.8 Å². The SMILES string of the molecule is COc1cccc(N2CCN(c3nc(C)n(Cc4ccc(C(F)(F)F)s4)c(=O)n3)CC2)n1. The minimum absolute atomic E-state index is 0.000973. The van der Waals surface area contributed by atoms with Gasteiger partial charge in [-0.3, -0.25) is 4.57 Å². The fraction of sp³-hybridized carbons (Fsp3) is 0.400. The molecule has 0 atom stereocenters. The number of aryl methyl sites for hydroxylation is 1. The number of halogens is 3. The van der Waals surface area contributed by atoms with E-state index >= 15 is 0 Å². The number of ether oxygens (including phenoxy) is 1. The van der Waals surface area contributed by atoms with E-state index in [1.165, 1.54) is 10.6 Å². The summed E-state index contributed by atoms with van der Waals surface area (Å²) in [4.78, 5) is 29.3. The van der Waals surface area contributed by atoms with Crippen molar-refractivity contribution in [3.63, 3.8) is 0 Å². The van der Waals surface area contributed by atoms with Gasteiger partial charge in [0, 0.05) is 37.1 Å². The molecule has 0 bridgehead atoms. The van der Waals surface area contributed by atoms with E-state index in [2.05, 4.69) is 19.9 Å². The first-order chi connectivity index (χ1) is 15.2. The summed E-state index contributed by atoms with van der Waals surface area (Å²) in [5.41, 5.74) is -0.536. The van der Waals surface area contributed by atoms with Crippen molar-refractivity contribution in [1.29, 1.82) is 0 Å². The highest BCUT2D eigenvalue weighted by atomic mass is 32.1. The van der Waals surface area contributed by atoms with Gasteiger partial charge in [-0.05, 0) is 25.1 Å². The average molecular weight is 466 g/mol. The van der Waals surface area contributed by atoms with Crippen LogP contribution in [0.2, 0.25) is 0 Å². The van der Waals surface area contributed by atoms with Crippen molar-refractivity contribution >= 4 is 23.1 Å². The molecule has 0 amide bonds. The largest absolute Gasteiger partial charge is 0.481 e. The Labute approximate surface area is 185 Å². The minimum atomic E-state index is -4.40. The number of pyridine rings is 1. The lowest BCUT2D eigenvalue weighted by atomic mass is 10.3. The zero-order valence-corrected chi connectivity index (χ0v) is 18.3. The second-order valence-corrected chi connectivity index (χ2v) is 8.38. The van der Waals surface area contributed by atoms with E-state index in [0.717, 1.165) is 11.9 Å². The number of piperazine rings is 1. The zero-order chi connectivity index (χ0) is 22.9. The van der Waals surface area contributed by atoms with Crippen molar-refractivity contribution in [2.75, 3.05) is 43.1 Å². The number of hydrogen-bond donors (Lipinski definition) is 0. The Balaban J connectivity index is 1.45. The zero-order valence-electron chi connectivity index (χ0n) is 17.5. The third kappa shape index (κ3) is 4.69. The van der Waals surface area contributed by atoms with Gasteiger partial charge in [0.05, 0.1) is 13.7 Å². The van der Waals surface area contributed by atoms with Gasteiger partial charge >= 0.3 is 11.9 Å². The average Bonchev–Trinajstić information content (AvgIpc) is 3.26. The first-order valence-corrected chi connectivity index (χ1v) is 10.7. The highest BCUT2D eigenvalue weighted by molar-refractivity contribution is 7.12. The number of hydrogen-bond acceptors (Lipinski definition) is 8. The molecule has 1 aliphatic heterocycles. The quantitative estimate of drug-likeness (QED) is 0.572. The number of rotatable bonds is 5. The van der Waals surface area contributed by atoms with Crippen LogP contribution in [0.15, 0.2) is 35.1 Å². The Bertz CT molecular complexity index is 1150. The maximum absolute atomic E-state index is 12.8. The number of anilines is 2. The third-order valence-corrected chi connectivity index (χ3v) is 6.25. The first kappa shape index (κ1) is 22.1. The van der Waals surface area contributed by atoms with Gasteiger partial charge < -0.3 is 14.5 Å². The molecule has 0 N–H and O–H groups in total. The van der Waals surface area contributed by atoms with E-state index in [-0.39, 0.29) is 6.54 Å². The second-order valence-electron chi connectivity index (χ2n) is 7.22. The molecule has 12 heteroatoms. The Morgan fingerprint density at radius 1 is 1.03 bits per heavy atom. The van der Waals surface area contributed by atoms with Crippen LogP contribution in [0.5, 0.6) is 5.88 Å². The molecule has 0 radical (unpaired) electrons. The lowest BCUT2D eigenvalue weighted by Gasteiger charge is -2.35. The highest BCUT2D eigenvalue weighted by Gasteiger charge is 2.32. The molecule has 32 heavy (non-hydrogen) atoms. The molecule has 8 nitrogen and oxygen atoms in total. The van der Waals surface area contributed by atoms with E-state index in [1.54, 1.807) is 20.1 Å². The van der Waals surface area contributed by atoms with Gasteiger partial charge in [-0.15, -0.1) is 11.3 Å². The molecule has 4 heterocycles. The Hall–Kier alpha value is -3.15. The lowest BCUT2D eigenvalue weighted by molar-refractivity contribution is -0.134. The predicted octanol–water partition coefficient (Wildman–Crippen LogP) is 2.81. The van der Waals surface area contributed by atoms with E-state index in [0.29, 0.717) is 60.0 Å². The molecule has 4 rings (SSSR count). The number of methoxy groups -OCH3 is 1. The van der Waals surface area contributed by atoms with Gasteiger partial charge in [0.25, 0.3) is 0 Å². The molecule has 0 spiro atoms. The third-order valence-electron chi connectivity index (χ3n) is 5.14. The molecular weight excluding hydrogens is 445 g/mol. The van der Waals surface area contributed by atoms with Gasteiger partial charge in [0.2, 0.25) is 11.8 Å². The summed E-state index contributed by atoms with van der Waals surface area (Å²) in [6.07, 6.45) is -4.40. The summed E-state index contributed by atoms with van der Waals surface area (Å²) < 4.78 is 44.9. The topological polar surface area (TPSA) is 76.4 Å². The Morgan fingerprint density at radius 3 is 2.38 bits per heavy atom. The normalized spacial score (nSPS) is 14.7. The molecule has 1 saturated heterocycles. The monoisotopic (exact) mass is 466 g/mol. The van der Waals surface area contributed by atoms with Gasteiger partial charge in [-0.1, -0.05) is 6.07 Å². The Morgan fingerprint density at radius 2 is 1.75 bits per heavy atom. The maximum Gasteiger partial charge on any atom is 0.425 e. The van der Waals surface area contributed by atoms with Crippen molar-refractivity contribution < 1.29 is 17.9 Å². The molecule has 0 aliphatic carbocycles. The molecule has 1 aliphatic rings. The number of nitrogens with zero attached hydrogens (tertiary/aromatic N) is 6. The molecule has 0 saturated carbocycles. The summed E-state index contributed by atoms with van der Waals surface area (Å²) in [5.74, 6) is 2.08. The summed E-state index contributed by atoms with van der Waals surface area (Å²) >= 11 is 0.614. The molecular formula is C20H21F3N6O2S. The van der Waals surface area contributed by atoms with E-state index in [9.17, 15) is 18.0 Å². The summed E-state index contributed by atoms with van der Waals surface area (Å²) in [5, 5.41) is 0. The van der Waals surface area contributed by atoms with Crippen molar-refractivity contribution in [1.82, 2.24) is 19.5 Å². The number of thiophene rings is 1. The van der Waals surface area contributed by atoms with Crippen LogP contribution in [0, 0.1) is 6.92 Å². The molecule has 3 aromatic rings. The van der Waals surface area contributed by atoms with Gasteiger partial charge in [-0.2, -0.15) is 28.1 Å². The standard InChI is InChI=1S/C20H21F3N6O2S/c1-13-24-18(26-19(30)29(13)12-14-6-7-15(32-14)20(21,22)23)28-10-8-27(9-11-28)16-4-3-5-17(25-16)31-2/h3-7H,8-12H2,1-2H3. The number of aromatic nitrogens is 4. The van der Waals surface area contributed by atoms with E-state index < -0.39 is 16.7 Å². The highest BCUT2D eigenvalue weighted by Crippen LogP contribution is 2.34. The summed E-state index contributed by atoms with van der Waals surface area (Å²) in [6, 6.07) is 7.97. The molecule has 0 unspecified atom stereocenters.